The number of nitrogens with one attached hydrogen (secondary N) is 1. The van der Waals surface area contributed by atoms with Crippen LogP contribution in [0, 0.1) is 0 Å². The zero-order valence-corrected chi connectivity index (χ0v) is 17.3. The normalized spacial score (nSPS) is 15.0. The summed E-state index contributed by atoms with van der Waals surface area (Å²) in [5, 5.41) is 1.90. The zero-order chi connectivity index (χ0) is 20.9. The molecule has 8 heteroatoms. The molecule has 0 radical (unpaired) electrons. The Balaban J connectivity index is 1.20. The highest BCUT2D eigenvalue weighted by atomic mass is 32.2. The minimum atomic E-state index is -0.354. The van der Waals surface area contributed by atoms with E-state index >= 15 is 0 Å². The Kier molecular flexibility index (Phi) is 6.04. The van der Waals surface area contributed by atoms with E-state index in [0.717, 1.165) is 53.6 Å². The van der Waals surface area contributed by atoms with E-state index in [1.807, 2.05) is 60.5 Å². The Morgan fingerprint density at radius 3 is 2.67 bits per heavy atom. The van der Waals surface area contributed by atoms with Gasteiger partial charge in [-0.25, -0.2) is 0 Å². The third kappa shape index (κ3) is 4.83. The van der Waals surface area contributed by atoms with Crippen LogP contribution in [0.15, 0.2) is 57.9 Å². The number of imide groups is 1. The first-order valence-electron chi connectivity index (χ1n) is 9.63. The second kappa shape index (κ2) is 9.04. The number of ether oxygens (including phenoxy) is 1. The molecule has 1 fully saturated rings. The fourth-order valence-electron chi connectivity index (χ4n) is 2.99. The number of nitrogens with zero attached hydrogens (tertiary/aromatic N) is 2. The number of amides is 2. The fourth-order valence-corrected chi connectivity index (χ4v) is 3.67. The number of unbranched alkanes of at least 4 members (excludes halogenated alkanes) is 1. The molecule has 7 nitrogen and oxygen atoms in total. The molecule has 0 aliphatic carbocycles. The summed E-state index contributed by atoms with van der Waals surface area (Å²) in [7, 11) is 1.97. The largest absolute Gasteiger partial charge is 0.494 e. The molecule has 3 aromatic rings. The summed E-state index contributed by atoms with van der Waals surface area (Å²) < 4.78 is 11.5. The number of fused-ring (bicyclic) bond motifs is 1. The lowest BCUT2D eigenvalue weighted by molar-refractivity contribution is -0.115. The first-order chi connectivity index (χ1) is 14.6. The molecule has 1 saturated heterocycles. The summed E-state index contributed by atoms with van der Waals surface area (Å²) in [6.07, 6.45) is 3.53. The summed E-state index contributed by atoms with van der Waals surface area (Å²) in [6, 6.07) is 15.8. The smallest absolute Gasteiger partial charge is 0.298 e. The standard InChI is InChI=1S/C22H21N3O4S/c1-25(21-23-17-6-2-3-7-18(17)29-21)12-4-5-13-28-16-10-8-15(9-11-16)14-19-20(26)24-22(27)30-19/h2-3,6-11,14H,4-5,12-13H2,1H3,(H,24,26,27)/b19-14+. The van der Waals surface area contributed by atoms with Gasteiger partial charge >= 0.3 is 0 Å². The van der Waals surface area contributed by atoms with Crippen LogP contribution in [0.25, 0.3) is 17.2 Å². The third-order valence-corrected chi connectivity index (χ3v) is 5.40. The molecule has 4 rings (SSSR count). The number of oxazole rings is 1. The van der Waals surface area contributed by atoms with E-state index in [0.29, 0.717) is 17.5 Å². The van der Waals surface area contributed by atoms with Crippen molar-refractivity contribution in [1.29, 1.82) is 0 Å². The van der Waals surface area contributed by atoms with Crippen LogP contribution in [0.4, 0.5) is 10.8 Å². The molecule has 30 heavy (non-hydrogen) atoms. The Bertz CT molecular complexity index is 1060. The maximum atomic E-state index is 11.6. The highest BCUT2D eigenvalue weighted by Crippen LogP contribution is 2.26. The number of carbonyl (C=O) groups excluding carboxylic acids is 2. The number of thioether (sulfide) groups is 1. The van der Waals surface area contributed by atoms with Crippen LogP contribution in [-0.2, 0) is 4.79 Å². The Morgan fingerprint density at radius 1 is 1.13 bits per heavy atom. The molecule has 0 saturated carbocycles. The molecule has 0 bridgehead atoms. The van der Waals surface area contributed by atoms with E-state index < -0.39 is 0 Å². The topological polar surface area (TPSA) is 84.7 Å². The first-order valence-corrected chi connectivity index (χ1v) is 10.4. The molecule has 154 valence electrons. The molecule has 0 spiro atoms. The summed E-state index contributed by atoms with van der Waals surface area (Å²) in [4.78, 5) is 29.7. The van der Waals surface area contributed by atoms with Gasteiger partial charge in [0, 0.05) is 13.6 Å². The van der Waals surface area contributed by atoms with Crippen molar-refractivity contribution in [2.45, 2.75) is 12.8 Å². The predicted octanol–water partition coefficient (Wildman–Crippen LogP) is 4.45. The van der Waals surface area contributed by atoms with Crippen molar-refractivity contribution >= 4 is 46.1 Å². The van der Waals surface area contributed by atoms with Gasteiger partial charge in [0.2, 0.25) is 0 Å². The first kappa shape index (κ1) is 20.0. The van der Waals surface area contributed by atoms with Crippen LogP contribution in [-0.4, -0.2) is 36.3 Å². The van der Waals surface area contributed by atoms with E-state index in [1.165, 1.54) is 0 Å². The van der Waals surface area contributed by atoms with Crippen molar-refractivity contribution < 1.29 is 18.7 Å². The van der Waals surface area contributed by atoms with Crippen molar-refractivity contribution in [3.63, 3.8) is 0 Å². The van der Waals surface area contributed by atoms with E-state index in [1.54, 1.807) is 6.08 Å². The fraction of sp³-hybridized carbons (Fsp3) is 0.227. The van der Waals surface area contributed by atoms with Gasteiger partial charge in [0.25, 0.3) is 17.2 Å². The maximum absolute atomic E-state index is 11.6. The number of anilines is 1. The van der Waals surface area contributed by atoms with Gasteiger partial charge in [0.1, 0.15) is 11.3 Å². The summed E-state index contributed by atoms with van der Waals surface area (Å²) in [6.45, 7) is 1.43. The van der Waals surface area contributed by atoms with E-state index in [4.69, 9.17) is 9.15 Å². The van der Waals surface area contributed by atoms with Crippen molar-refractivity contribution in [2.24, 2.45) is 0 Å². The number of rotatable bonds is 8. The Hall–Kier alpha value is -3.26. The van der Waals surface area contributed by atoms with Gasteiger partial charge in [0.05, 0.1) is 11.5 Å². The average molecular weight is 423 g/mol. The molecule has 1 aliphatic rings. The average Bonchev–Trinajstić information content (AvgIpc) is 3.31. The number of hydrogen-bond donors (Lipinski definition) is 1. The molecule has 0 unspecified atom stereocenters. The van der Waals surface area contributed by atoms with Gasteiger partial charge in [-0.05, 0) is 60.5 Å². The summed E-state index contributed by atoms with van der Waals surface area (Å²) >= 11 is 0.909. The molecule has 1 aliphatic heterocycles. The monoisotopic (exact) mass is 423 g/mol. The van der Waals surface area contributed by atoms with Crippen molar-refractivity contribution in [3.05, 3.63) is 59.0 Å². The minimum Gasteiger partial charge on any atom is -0.494 e. The van der Waals surface area contributed by atoms with Gasteiger partial charge in [-0.15, -0.1) is 0 Å². The number of hydrogen-bond acceptors (Lipinski definition) is 7. The van der Waals surface area contributed by atoms with Crippen LogP contribution in [0.3, 0.4) is 0 Å². The van der Waals surface area contributed by atoms with Gasteiger partial charge in [-0.3, -0.25) is 14.9 Å². The third-order valence-electron chi connectivity index (χ3n) is 4.59. The SMILES string of the molecule is CN(CCCCOc1ccc(/C=C2/SC(=O)NC2=O)cc1)c1nc2ccccc2o1. The molecule has 2 aromatic carbocycles. The lowest BCUT2D eigenvalue weighted by Gasteiger charge is -2.14. The molecular formula is C22H21N3O4S. The van der Waals surface area contributed by atoms with Gasteiger partial charge in [0.15, 0.2) is 5.58 Å². The molecule has 1 N–H and O–H groups in total. The lowest BCUT2D eigenvalue weighted by atomic mass is 10.2. The van der Waals surface area contributed by atoms with Crippen LogP contribution in [0.5, 0.6) is 5.75 Å². The predicted molar refractivity (Wildman–Crippen MR) is 118 cm³/mol. The quantitative estimate of drug-likeness (QED) is 0.423. The highest BCUT2D eigenvalue weighted by molar-refractivity contribution is 8.18. The van der Waals surface area contributed by atoms with Crippen molar-refractivity contribution in [2.75, 3.05) is 25.1 Å². The minimum absolute atomic E-state index is 0.340. The van der Waals surface area contributed by atoms with Crippen LogP contribution in [0.2, 0.25) is 0 Å². The number of aromatic nitrogens is 1. The number of carbonyl (C=O) groups is 2. The number of benzene rings is 2. The molecule has 2 heterocycles. The number of para-hydroxylation sites is 2. The zero-order valence-electron chi connectivity index (χ0n) is 16.5. The molecular weight excluding hydrogens is 402 g/mol. The molecule has 1 aromatic heterocycles. The molecule has 0 atom stereocenters. The van der Waals surface area contributed by atoms with Crippen molar-refractivity contribution in [3.8, 4) is 5.75 Å². The van der Waals surface area contributed by atoms with Gasteiger partial charge in [-0.2, -0.15) is 4.98 Å². The van der Waals surface area contributed by atoms with Gasteiger partial charge < -0.3 is 14.1 Å². The molecule has 2 amide bonds. The second-order valence-electron chi connectivity index (χ2n) is 6.86. The van der Waals surface area contributed by atoms with Gasteiger partial charge in [-0.1, -0.05) is 24.3 Å². The van der Waals surface area contributed by atoms with Crippen LogP contribution < -0.4 is 15.0 Å². The maximum Gasteiger partial charge on any atom is 0.298 e. The second-order valence-corrected chi connectivity index (χ2v) is 7.88. The van der Waals surface area contributed by atoms with E-state index in [2.05, 4.69) is 10.3 Å². The Labute approximate surface area is 178 Å². The van der Waals surface area contributed by atoms with Crippen molar-refractivity contribution in [1.82, 2.24) is 10.3 Å². The van der Waals surface area contributed by atoms with Crippen LogP contribution >= 0.6 is 11.8 Å². The van der Waals surface area contributed by atoms with Crippen LogP contribution in [0.1, 0.15) is 18.4 Å². The lowest BCUT2D eigenvalue weighted by Crippen LogP contribution is -2.19. The van der Waals surface area contributed by atoms with E-state index in [-0.39, 0.29) is 11.1 Å². The Morgan fingerprint density at radius 2 is 1.93 bits per heavy atom. The summed E-state index contributed by atoms with van der Waals surface area (Å²) in [5.41, 5.74) is 2.50. The highest BCUT2D eigenvalue weighted by Gasteiger charge is 2.24. The van der Waals surface area contributed by atoms with E-state index in [9.17, 15) is 9.59 Å². The summed E-state index contributed by atoms with van der Waals surface area (Å²) in [5.74, 6) is 0.414.